The van der Waals surface area contributed by atoms with Crippen LogP contribution in [0.15, 0.2) is 27.9 Å². The van der Waals surface area contributed by atoms with Crippen LogP contribution in [0.1, 0.15) is 30.9 Å². The van der Waals surface area contributed by atoms with Crippen LogP contribution in [-0.4, -0.2) is 9.55 Å². The van der Waals surface area contributed by atoms with E-state index in [2.05, 4.69) is 4.98 Å². The Morgan fingerprint density at radius 1 is 1.24 bits per heavy atom. The quantitative estimate of drug-likeness (QED) is 0.850. The first-order valence-electron chi connectivity index (χ1n) is 6.36. The lowest BCUT2D eigenvalue weighted by Gasteiger charge is -2.12. The van der Waals surface area contributed by atoms with E-state index in [9.17, 15) is 9.59 Å². The van der Waals surface area contributed by atoms with Crippen LogP contribution in [0.3, 0.4) is 0 Å². The molecule has 0 fully saturated rings. The summed E-state index contributed by atoms with van der Waals surface area (Å²) in [6.45, 7) is 3.92. The second-order valence-electron chi connectivity index (χ2n) is 5.09. The third kappa shape index (κ3) is 3.31. The molecule has 7 heteroatoms. The van der Waals surface area contributed by atoms with Gasteiger partial charge in [-0.25, -0.2) is 4.79 Å². The molecule has 0 radical (unpaired) electrons. The van der Waals surface area contributed by atoms with Gasteiger partial charge in [-0.1, -0.05) is 37.0 Å². The molecule has 0 atom stereocenters. The number of hydrogen-bond acceptors (Lipinski definition) is 3. The predicted octanol–water partition coefficient (Wildman–Crippen LogP) is 2.60. The summed E-state index contributed by atoms with van der Waals surface area (Å²) in [4.78, 5) is 25.9. The molecule has 0 aliphatic rings. The summed E-state index contributed by atoms with van der Waals surface area (Å²) in [5.41, 5.74) is 6.32. The number of halogens is 2. The number of rotatable bonds is 3. The van der Waals surface area contributed by atoms with E-state index in [4.69, 9.17) is 28.9 Å². The molecule has 1 aromatic carbocycles. The summed E-state index contributed by atoms with van der Waals surface area (Å²) >= 11 is 12.2. The van der Waals surface area contributed by atoms with E-state index >= 15 is 0 Å². The summed E-state index contributed by atoms with van der Waals surface area (Å²) in [5.74, 6) is -0.00189. The first-order valence-corrected chi connectivity index (χ1v) is 7.12. The maximum Gasteiger partial charge on any atom is 0.328 e. The van der Waals surface area contributed by atoms with Crippen LogP contribution in [0.4, 0.5) is 5.69 Å². The third-order valence-electron chi connectivity index (χ3n) is 3.15. The van der Waals surface area contributed by atoms with Gasteiger partial charge in [0.1, 0.15) is 0 Å². The van der Waals surface area contributed by atoms with Crippen molar-refractivity contribution >= 4 is 28.9 Å². The number of nitrogen functional groups attached to an aromatic ring is 1. The van der Waals surface area contributed by atoms with E-state index < -0.39 is 5.69 Å². The highest BCUT2D eigenvalue weighted by Crippen LogP contribution is 2.28. The fourth-order valence-electron chi connectivity index (χ4n) is 2.00. The van der Waals surface area contributed by atoms with Crippen LogP contribution in [0.5, 0.6) is 0 Å². The van der Waals surface area contributed by atoms with Crippen molar-refractivity contribution in [1.29, 1.82) is 0 Å². The molecule has 21 heavy (non-hydrogen) atoms. The minimum atomic E-state index is -0.506. The Balaban J connectivity index is 2.52. The van der Waals surface area contributed by atoms with Gasteiger partial charge in [-0.05, 0) is 18.1 Å². The average Bonchev–Trinajstić information content (AvgIpc) is 2.35. The third-order valence-corrected chi connectivity index (χ3v) is 3.83. The van der Waals surface area contributed by atoms with E-state index in [1.807, 2.05) is 13.8 Å². The van der Waals surface area contributed by atoms with E-state index in [1.165, 1.54) is 10.8 Å². The lowest BCUT2D eigenvalue weighted by molar-refractivity contribution is 0.690. The molecule has 0 unspecified atom stereocenters. The molecule has 0 amide bonds. The molecule has 0 aliphatic carbocycles. The summed E-state index contributed by atoms with van der Waals surface area (Å²) in [6.07, 6.45) is 1.54. The van der Waals surface area contributed by atoms with Gasteiger partial charge in [-0.3, -0.25) is 14.3 Å². The molecule has 0 bridgehead atoms. The van der Waals surface area contributed by atoms with Gasteiger partial charge in [0, 0.05) is 33.1 Å². The summed E-state index contributed by atoms with van der Waals surface area (Å²) < 4.78 is 1.38. The lowest BCUT2D eigenvalue weighted by Crippen LogP contribution is -2.32. The Kier molecular flexibility index (Phi) is 4.44. The molecule has 0 aliphatic heterocycles. The minimum Gasteiger partial charge on any atom is -0.399 e. The van der Waals surface area contributed by atoms with Crippen LogP contribution in [0, 0.1) is 0 Å². The van der Waals surface area contributed by atoms with Crippen LogP contribution in [0.25, 0.3) is 0 Å². The normalized spacial score (nSPS) is 11.1. The van der Waals surface area contributed by atoms with Gasteiger partial charge in [0.15, 0.2) is 0 Å². The zero-order chi connectivity index (χ0) is 15.7. The highest BCUT2D eigenvalue weighted by molar-refractivity contribution is 6.36. The Hall–Kier alpha value is -1.72. The molecule has 1 aromatic heterocycles. The van der Waals surface area contributed by atoms with Gasteiger partial charge in [0.25, 0.3) is 5.56 Å². The zero-order valence-electron chi connectivity index (χ0n) is 11.6. The van der Waals surface area contributed by atoms with Crippen molar-refractivity contribution in [3.63, 3.8) is 0 Å². The second-order valence-corrected chi connectivity index (χ2v) is 5.90. The standard InChI is InChI=1S/C14H15Cl2N3O2/c1-7(2)9-5-19(14(21)18-13(9)20)6-10-11(15)3-8(17)4-12(10)16/h3-5,7H,6,17H2,1-2H3,(H,18,20,21). The van der Waals surface area contributed by atoms with Crippen molar-refractivity contribution in [3.8, 4) is 0 Å². The van der Waals surface area contributed by atoms with Crippen LogP contribution in [0.2, 0.25) is 10.0 Å². The van der Waals surface area contributed by atoms with Gasteiger partial charge < -0.3 is 5.73 Å². The molecule has 2 rings (SSSR count). The number of aromatic amines is 1. The molecule has 5 nitrogen and oxygen atoms in total. The maximum atomic E-state index is 11.9. The van der Waals surface area contributed by atoms with E-state index in [0.717, 1.165) is 0 Å². The topological polar surface area (TPSA) is 80.9 Å². The van der Waals surface area contributed by atoms with E-state index in [1.54, 1.807) is 12.1 Å². The second kappa shape index (κ2) is 5.95. The van der Waals surface area contributed by atoms with Gasteiger partial charge in [-0.2, -0.15) is 0 Å². The summed E-state index contributed by atoms with van der Waals surface area (Å²) in [7, 11) is 0. The van der Waals surface area contributed by atoms with Gasteiger partial charge in [0.05, 0.1) is 6.54 Å². The monoisotopic (exact) mass is 327 g/mol. The van der Waals surface area contributed by atoms with Crippen molar-refractivity contribution in [2.24, 2.45) is 0 Å². The Morgan fingerprint density at radius 3 is 2.33 bits per heavy atom. The molecule has 1 heterocycles. The van der Waals surface area contributed by atoms with Crippen molar-refractivity contribution in [3.05, 3.63) is 60.3 Å². The first kappa shape index (κ1) is 15.7. The number of nitrogens with two attached hydrogens (primary N) is 1. The number of aromatic nitrogens is 2. The average molecular weight is 328 g/mol. The highest BCUT2D eigenvalue weighted by atomic mass is 35.5. The highest BCUT2D eigenvalue weighted by Gasteiger charge is 2.12. The predicted molar refractivity (Wildman–Crippen MR) is 85.4 cm³/mol. The Labute approximate surface area is 131 Å². The van der Waals surface area contributed by atoms with Gasteiger partial charge in [0.2, 0.25) is 0 Å². The Morgan fingerprint density at radius 2 is 1.81 bits per heavy atom. The maximum absolute atomic E-state index is 11.9. The van der Waals surface area contributed by atoms with Crippen molar-refractivity contribution in [1.82, 2.24) is 9.55 Å². The van der Waals surface area contributed by atoms with Crippen LogP contribution < -0.4 is 17.0 Å². The van der Waals surface area contributed by atoms with Gasteiger partial charge >= 0.3 is 5.69 Å². The van der Waals surface area contributed by atoms with Crippen LogP contribution >= 0.6 is 23.2 Å². The van der Waals surface area contributed by atoms with Gasteiger partial charge in [-0.15, -0.1) is 0 Å². The largest absolute Gasteiger partial charge is 0.399 e. The molecule has 2 aromatic rings. The number of nitrogens with one attached hydrogen (secondary N) is 1. The number of hydrogen-bond donors (Lipinski definition) is 2. The fraction of sp³-hybridized carbons (Fsp3) is 0.286. The smallest absolute Gasteiger partial charge is 0.328 e. The molecule has 0 saturated heterocycles. The SMILES string of the molecule is CC(C)c1cn(Cc2c(Cl)cc(N)cc2Cl)c(=O)[nH]c1=O. The van der Waals surface area contributed by atoms with Crippen molar-refractivity contribution in [2.45, 2.75) is 26.3 Å². The zero-order valence-corrected chi connectivity index (χ0v) is 13.1. The first-order chi connectivity index (χ1) is 9.79. The molecule has 3 N–H and O–H groups in total. The van der Waals surface area contributed by atoms with E-state index in [0.29, 0.717) is 26.9 Å². The summed E-state index contributed by atoms with van der Waals surface area (Å²) in [5, 5.41) is 0.758. The molecular weight excluding hydrogens is 313 g/mol. The number of H-pyrrole nitrogens is 1. The van der Waals surface area contributed by atoms with Crippen LogP contribution in [-0.2, 0) is 6.54 Å². The minimum absolute atomic E-state index is 0.00189. The van der Waals surface area contributed by atoms with E-state index in [-0.39, 0.29) is 18.0 Å². The Bertz CT molecular complexity index is 771. The molecule has 0 saturated carbocycles. The lowest BCUT2D eigenvalue weighted by atomic mass is 10.1. The molecule has 112 valence electrons. The van der Waals surface area contributed by atoms with Crippen molar-refractivity contribution < 1.29 is 0 Å². The molecule has 0 spiro atoms. The van der Waals surface area contributed by atoms with Crippen molar-refractivity contribution in [2.75, 3.05) is 5.73 Å². The summed E-state index contributed by atoms with van der Waals surface area (Å²) in [6, 6.07) is 3.14. The molecular formula is C14H15Cl2N3O2. The fourth-order valence-corrected chi connectivity index (χ4v) is 2.62. The number of nitrogens with zero attached hydrogens (tertiary/aromatic N) is 1. The number of benzene rings is 1. The number of anilines is 1.